The van der Waals surface area contributed by atoms with Gasteiger partial charge < -0.3 is 66.2 Å². The summed E-state index contributed by atoms with van der Waals surface area (Å²) in [5, 5.41) is 52.2. The molecule has 9 atom stereocenters. The number of phosphoric ester groups is 3. The van der Waals surface area contributed by atoms with Crippen LogP contribution in [0.1, 0.15) is 26.5 Å². The van der Waals surface area contributed by atoms with Gasteiger partial charge in [0.25, 0.3) is 0 Å². The summed E-state index contributed by atoms with van der Waals surface area (Å²) in [6, 6.07) is 0. The van der Waals surface area contributed by atoms with E-state index in [1.54, 1.807) is 0 Å². The van der Waals surface area contributed by atoms with E-state index in [4.69, 9.17) is 24.6 Å². The van der Waals surface area contributed by atoms with Crippen molar-refractivity contribution in [3.05, 3.63) is 12.7 Å². The van der Waals surface area contributed by atoms with Gasteiger partial charge in [0.15, 0.2) is 29.9 Å². The summed E-state index contributed by atoms with van der Waals surface area (Å²) in [7, 11) is -16.5. The molecule has 1 aliphatic heterocycles. The number of amides is 2. The predicted molar refractivity (Wildman–Crippen MR) is 187 cm³/mol. The molecule has 2 aromatic heterocycles. The molecule has 0 spiro atoms. The third kappa shape index (κ3) is 14.0. The topological polar surface area (TPSA) is 441 Å². The molecule has 0 saturated carbocycles. The van der Waals surface area contributed by atoms with Crippen molar-refractivity contribution in [3.8, 4) is 0 Å². The summed E-state index contributed by atoms with van der Waals surface area (Å²) in [4.78, 5) is 97.6. The third-order valence-electron chi connectivity index (χ3n) is 7.54. The van der Waals surface area contributed by atoms with E-state index in [1.165, 1.54) is 13.8 Å². The molecule has 1 fully saturated rings. The number of ether oxygens (including phenoxy) is 1. The number of nitrogens with one attached hydrogen (secondary N) is 2. The van der Waals surface area contributed by atoms with Gasteiger partial charge >= 0.3 is 29.4 Å². The highest BCUT2D eigenvalue weighted by Gasteiger charge is 2.50. The smallest absolute Gasteiger partial charge is 0.479 e. The number of nitrogen functional groups attached to an aromatic ring is 1. The average molecular weight is 900 g/mol. The second-order valence-corrected chi connectivity index (χ2v) is 17.8. The Morgan fingerprint density at radius 1 is 1.00 bits per heavy atom. The van der Waals surface area contributed by atoms with Crippen LogP contribution in [0.4, 0.5) is 5.82 Å². The maximum atomic E-state index is 12.6. The van der Waals surface area contributed by atoms with Gasteiger partial charge in [-0.15, -0.1) is 0 Å². The lowest BCUT2D eigenvalue weighted by Crippen LogP contribution is -2.46. The molecule has 1 saturated heterocycles. The van der Waals surface area contributed by atoms with Gasteiger partial charge in [-0.25, -0.2) is 33.4 Å². The number of aliphatic hydroxyl groups is 4. The number of carboxylic acids is 1. The van der Waals surface area contributed by atoms with Crippen molar-refractivity contribution in [2.24, 2.45) is 5.41 Å². The molecular weight excluding hydrogens is 859 g/mol. The Morgan fingerprint density at radius 3 is 2.28 bits per heavy atom. The van der Waals surface area contributed by atoms with E-state index in [0.29, 0.717) is 11.8 Å². The quantitative estimate of drug-likeness (QED) is 0.0402. The van der Waals surface area contributed by atoms with Crippen LogP contribution < -0.4 is 16.4 Å². The summed E-state index contributed by atoms with van der Waals surface area (Å²) in [6.45, 7) is -0.189. The van der Waals surface area contributed by atoms with Crippen LogP contribution in [0.25, 0.3) is 11.2 Å². The molecule has 2 aromatic rings. The van der Waals surface area contributed by atoms with Gasteiger partial charge in [-0.2, -0.15) is 4.31 Å². The van der Waals surface area contributed by atoms with Gasteiger partial charge in [0, 0.05) is 30.7 Å². The van der Waals surface area contributed by atoms with E-state index in [-0.39, 0.29) is 42.2 Å². The standard InChI is InChI=1S/C25H40N7O21P3S/c1-25(2,18(37)21(38)28-4-3-12(33)27-5-6-57-24(41)15(35)14(34)23(39)40)8-50-56(47,48)53-55(45,46)49-7-11-17(52-54(42,43)44)16(36)22(51-11)32-10-31-13-19(26)29-9-30-20(13)32/h9-11,14-18,22,34-37H,3-8H2,1-2H3,(H,27,33)(H,28,38)(H,39,40)(H,45,46)(H,47,48)(H2,26,29,30)(H2,42,43,44). The highest BCUT2D eigenvalue weighted by molar-refractivity contribution is 8.13. The SMILES string of the molecule is CC(C)(COP(=O)(O)OP(=O)(O)OCC1OC(n2cnc3c(N)ncnc32)C(O)C1OP(=O)(O)O)C(O)C(=O)NCCC(=O)NCCSC(=O)C(O)C(O)C(=O)O. The molecule has 1 aliphatic rings. The average Bonchev–Trinajstić information content (AvgIpc) is 3.67. The van der Waals surface area contributed by atoms with Gasteiger partial charge in [-0.1, -0.05) is 25.6 Å². The van der Waals surface area contributed by atoms with Crippen LogP contribution in [0.3, 0.4) is 0 Å². The van der Waals surface area contributed by atoms with Crippen molar-refractivity contribution >= 4 is 75.1 Å². The van der Waals surface area contributed by atoms with Gasteiger partial charge in [0.1, 0.15) is 36.3 Å². The molecule has 3 rings (SSSR count). The number of hydrogen-bond acceptors (Lipinski definition) is 21. The number of carbonyl (C=O) groups excluding carboxylic acids is 3. The van der Waals surface area contributed by atoms with Crippen LogP contribution in [0, 0.1) is 5.41 Å². The van der Waals surface area contributed by atoms with Crippen LogP contribution in [0.2, 0.25) is 0 Å². The number of fused-ring (bicyclic) bond motifs is 1. The van der Waals surface area contributed by atoms with Crippen molar-refractivity contribution in [2.75, 3.05) is 37.8 Å². The van der Waals surface area contributed by atoms with E-state index >= 15 is 0 Å². The van der Waals surface area contributed by atoms with Gasteiger partial charge in [0.2, 0.25) is 16.9 Å². The second-order valence-electron chi connectivity index (χ2n) is 12.5. The van der Waals surface area contributed by atoms with Crippen molar-refractivity contribution in [2.45, 2.75) is 63.1 Å². The zero-order chi connectivity index (χ0) is 43.1. The maximum absolute atomic E-state index is 12.6. The van der Waals surface area contributed by atoms with E-state index in [1.807, 2.05) is 0 Å². The number of carboxylic acid groups (broad SMARTS) is 1. The van der Waals surface area contributed by atoms with Crippen molar-refractivity contribution < 1.29 is 101 Å². The first-order chi connectivity index (χ1) is 26.2. The lowest BCUT2D eigenvalue weighted by Gasteiger charge is -2.30. The number of nitrogens with zero attached hydrogens (tertiary/aromatic N) is 4. The molecule has 2 amide bonds. The van der Waals surface area contributed by atoms with Crippen LogP contribution in [-0.2, 0) is 55.5 Å². The number of aliphatic hydroxyl groups excluding tert-OH is 4. The van der Waals surface area contributed by atoms with Gasteiger partial charge in [0.05, 0.1) is 19.5 Å². The van der Waals surface area contributed by atoms with Crippen LogP contribution in [-0.4, -0.2) is 156 Å². The number of carbonyl (C=O) groups is 4. The molecule has 28 nitrogen and oxygen atoms in total. The maximum Gasteiger partial charge on any atom is 0.481 e. The monoisotopic (exact) mass is 899 g/mol. The number of imidazole rings is 1. The fourth-order valence-electron chi connectivity index (χ4n) is 4.63. The minimum Gasteiger partial charge on any atom is -0.479 e. The summed E-state index contributed by atoms with van der Waals surface area (Å²) in [5.41, 5.74) is 4.13. The highest BCUT2D eigenvalue weighted by Crippen LogP contribution is 2.61. The Morgan fingerprint density at radius 2 is 1.65 bits per heavy atom. The summed E-state index contributed by atoms with van der Waals surface area (Å²) >= 11 is 0.451. The molecule has 0 aliphatic carbocycles. The molecule has 0 radical (unpaired) electrons. The van der Waals surface area contributed by atoms with Crippen molar-refractivity contribution in [1.82, 2.24) is 30.2 Å². The van der Waals surface area contributed by atoms with Crippen LogP contribution >= 0.6 is 35.2 Å². The Bertz CT molecular complexity index is 1920. The van der Waals surface area contributed by atoms with Crippen LogP contribution in [0.15, 0.2) is 12.7 Å². The van der Waals surface area contributed by atoms with Gasteiger partial charge in [-0.3, -0.25) is 32.5 Å². The van der Waals surface area contributed by atoms with Gasteiger partial charge in [-0.05, 0) is 0 Å². The summed E-state index contributed by atoms with van der Waals surface area (Å²) < 4.78 is 61.8. The van der Waals surface area contributed by atoms with E-state index in [2.05, 4.69) is 34.4 Å². The molecule has 32 heteroatoms. The number of thioether (sulfide) groups is 1. The largest absolute Gasteiger partial charge is 0.481 e. The summed E-state index contributed by atoms with van der Waals surface area (Å²) in [6.07, 6.45) is -11.8. The Balaban J connectivity index is 1.48. The number of phosphoric acid groups is 3. The molecule has 13 N–H and O–H groups in total. The second kappa shape index (κ2) is 19.8. The predicted octanol–water partition coefficient (Wildman–Crippen LogP) is -3.53. The Hall–Kier alpha value is -3.05. The Kier molecular flexibility index (Phi) is 16.8. The number of nitrogens with two attached hydrogens (primary N) is 1. The number of hydrogen-bond donors (Lipinski definition) is 12. The first-order valence-electron chi connectivity index (χ1n) is 15.9. The lowest BCUT2D eigenvalue weighted by atomic mass is 9.87. The number of aromatic nitrogens is 4. The minimum absolute atomic E-state index is 0.00786. The van der Waals surface area contributed by atoms with Crippen LogP contribution in [0.5, 0.6) is 0 Å². The molecule has 3 heterocycles. The first-order valence-corrected chi connectivity index (χ1v) is 21.4. The van der Waals surface area contributed by atoms with Crippen molar-refractivity contribution in [1.29, 1.82) is 0 Å². The number of aliphatic carboxylic acids is 1. The zero-order valence-electron chi connectivity index (χ0n) is 29.5. The van der Waals surface area contributed by atoms with Crippen molar-refractivity contribution in [3.63, 3.8) is 0 Å². The molecule has 9 unspecified atom stereocenters. The fourth-order valence-corrected chi connectivity index (χ4v) is 8.17. The fraction of sp³-hybridized carbons (Fsp3) is 0.640. The number of anilines is 1. The normalized spacial score (nSPS) is 22.6. The molecule has 0 bridgehead atoms. The summed E-state index contributed by atoms with van der Waals surface area (Å²) in [5.74, 6) is -3.67. The lowest BCUT2D eigenvalue weighted by molar-refractivity contribution is -0.155. The van der Waals surface area contributed by atoms with E-state index < -0.39 is 108 Å². The molecule has 322 valence electrons. The third-order valence-corrected chi connectivity index (χ3v) is 11.6. The Labute approximate surface area is 324 Å². The van der Waals surface area contributed by atoms with E-state index in [9.17, 15) is 72.9 Å². The molecular formula is C25H40N7O21P3S. The molecule has 0 aromatic carbocycles. The number of rotatable bonds is 22. The van der Waals surface area contributed by atoms with E-state index in [0.717, 1.165) is 17.2 Å². The highest BCUT2D eigenvalue weighted by atomic mass is 32.2. The molecule has 57 heavy (non-hydrogen) atoms. The first kappa shape index (κ1) is 48.3. The minimum atomic E-state index is -5.61. The zero-order valence-corrected chi connectivity index (χ0v) is 33.0.